The number of nitrogens with zero attached hydrogens (tertiary/aromatic N) is 5. The Hall–Kier alpha value is -4.57. The molecule has 7 rings (SSSR count). The number of pyridine rings is 1. The molecule has 2 aromatic heterocycles. The van der Waals surface area contributed by atoms with Gasteiger partial charge in [0.05, 0.1) is 13.3 Å². The number of esters is 1. The van der Waals surface area contributed by atoms with E-state index in [-0.39, 0.29) is 22.8 Å². The van der Waals surface area contributed by atoms with Crippen molar-refractivity contribution in [2.24, 2.45) is 5.41 Å². The molecule has 2 aromatic carbocycles. The van der Waals surface area contributed by atoms with Gasteiger partial charge in [0.1, 0.15) is 35.3 Å². The Morgan fingerprint density at radius 1 is 1.02 bits per heavy atom. The van der Waals surface area contributed by atoms with Crippen LogP contribution in [0.3, 0.4) is 0 Å². The zero-order chi connectivity index (χ0) is 31.4. The van der Waals surface area contributed by atoms with Crippen LogP contribution in [0.25, 0.3) is 0 Å². The summed E-state index contributed by atoms with van der Waals surface area (Å²) in [5.41, 5.74) is 3.81. The molecule has 1 spiro atoms. The van der Waals surface area contributed by atoms with Gasteiger partial charge < -0.3 is 19.1 Å². The molecule has 2 fully saturated rings. The van der Waals surface area contributed by atoms with Gasteiger partial charge in [0.15, 0.2) is 11.6 Å². The van der Waals surface area contributed by atoms with Crippen LogP contribution in [0.1, 0.15) is 53.9 Å². The van der Waals surface area contributed by atoms with Gasteiger partial charge in [-0.25, -0.2) is 19.2 Å². The molecule has 0 N–H and O–H groups in total. The number of anilines is 1. The van der Waals surface area contributed by atoms with Crippen molar-refractivity contribution in [1.82, 2.24) is 19.9 Å². The van der Waals surface area contributed by atoms with Crippen molar-refractivity contribution in [3.63, 3.8) is 0 Å². The molecular weight excluding hydrogens is 573 g/mol. The van der Waals surface area contributed by atoms with Crippen LogP contribution in [0.5, 0.6) is 17.2 Å². The van der Waals surface area contributed by atoms with Crippen LogP contribution in [-0.2, 0) is 24.2 Å². The van der Waals surface area contributed by atoms with E-state index in [2.05, 4.69) is 49.0 Å². The van der Waals surface area contributed by atoms with Gasteiger partial charge in [-0.15, -0.1) is 0 Å². The predicted octanol–water partition coefficient (Wildman–Crippen LogP) is 6.22. The number of carbonyl (C=O) groups excluding carboxylic acids is 1. The Morgan fingerprint density at radius 2 is 1.82 bits per heavy atom. The number of benzene rings is 2. The molecule has 2 aliphatic heterocycles. The van der Waals surface area contributed by atoms with E-state index >= 15 is 0 Å². The van der Waals surface area contributed by atoms with Crippen LogP contribution in [-0.4, -0.2) is 58.7 Å². The van der Waals surface area contributed by atoms with Crippen LogP contribution in [0, 0.1) is 11.2 Å². The lowest BCUT2D eigenvalue weighted by Crippen LogP contribution is -2.65. The van der Waals surface area contributed by atoms with E-state index in [0.29, 0.717) is 11.6 Å². The normalized spacial score (nSPS) is 16.8. The second-order valence-corrected chi connectivity index (χ2v) is 11.6. The van der Waals surface area contributed by atoms with Crippen molar-refractivity contribution in [2.75, 3.05) is 31.6 Å². The number of halogens is 1. The highest BCUT2D eigenvalue weighted by Gasteiger charge is 2.54. The third-order valence-corrected chi connectivity index (χ3v) is 8.59. The molecule has 9 nitrogen and oxygen atoms in total. The van der Waals surface area contributed by atoms with Gasteiger partial charge in [-0.3, -0.25) is 9.88 Å². The maximum absolute atomic E-state index is 13.8. The number of hydrogen-bond acceptors (Lipinski definition) is 9. The molecular formula is C35H38FN5O4. The topological polar surface area (TPSA) is 89.9 Å². The standard InChI is InChI=1S/C33H32FN5O4.C2H6/c1-41-32(40)25-13-23(34)7-8-28(25)43-30-16-35-21-37-31(30)39-19-33(20-39)14-24(15-33)42-29-9-11-36-27-10-12-38(18-26(27)29)17-22-5-3-2-4-6-22;1-2/h2-9,11,13,16,21,24H,10,12,14-15,17-20H2,1H3;1-2H3. The average Bonchev–Trinajstić information content (AvgIpc) is 3.04. The summed E-state index contributed by atoms with van der Waals surface area (Å²) in [6.45, 7) is 8.36. The minimum Gasteiger partial charge on any atom is -0.490 e. The van der Waals surface area contributed by atoms with Crippen molar-refractivity contribution in [2.45, 2.75) is 52.3 Å². The van der Waals surface area contributed by atoms with E-state index in [9.17, 15) is 9.18 Å². The molecule has 3 aliphatic rings. The fourth-order valence-corrected chi connectivity index (χ4v) is 6.49. The first kappa shape index (κ1) is 30.5. The summed E-state index contributed by atoms with van der Waals surface area (Å²) in [6.07, 6.45) is 7.88. The molecule has 45 heavy (non-hydrogen) atoms. The highest BCUT2D eigenvalue weighted by molar-refractivity contribution is 5.92. The number of methoxy groups -OCH3 is 1. The van der Waals surface area contributed by atoms with Crippen molar-refractivity contribution < 1.29 is 23.4 Å². The van der Waals surface area contributed by atoms with Gasteiger partial charge in [0.25, 0.3) is 0 Å². The predicted molar refractivity (Wildman–Crippen MR) is 168 cm³/mol. The number of aromatic nitrogens is 3. The van der Waals surface area contributed by atoms with Gasteiger partial charge in [0.2, 0.25) is 0 Å². The quantitative estimate of drug-likeness (QED) is 0.215. The summed E-state index contributed by atoms with van der Waals surface area (Å²) >= 11 is 0. The van der Waals surface area contributed by atoms with Gasteiger partial charge >= 0.3 is 5.97 Å². The first-order valence-corrected chi connectivity index (χ1v) is 15.5. The SMILES string of the molecule is CC.COC(=O)c1cc(F)ccc1Oc1cncnc1N1CC2(CC(Oc3ccnc4c3CN(Cc3ccccc3)CC4)C2)C1. The van der Waals surface area contributed by atoms with E-state index in [0.717, 1.165) is 69.5 Å². The van der Waals surface area contributed by atoms with Crippen molar-refractivity contribution in [3.05, 3.63) is 102 Å². The monoisotopic (exact) mass is 611 g/mol. The van der Waals surface area contributed by atoms with Gasteiger partial charge in [-0.05, 0) is 42.7 Å². The first-order chi connectivity index (χ1) is 22.0. The smallest absolute Gasteiger partial charge is 0.341 e. The summed E-state index contributed by atoms with van der Waals surface area (Å²) in [4.78, 5) is 30.0. The van der Waals surface area contributed by atoms with E-state index in [1.165, 1.54) is 36.7 Å². The third-order valence-electron chi connectivity index (χ3n) is 8.59. The lowest BCUT2D eigenvalue weighted by atomic mass is 9.61. The zero-order valence-electron chi connectivity index (χ0n) is 25.9. The second kappa shape index (κ2) is 13.2. The van der Waals surface area contributed by atoms with E-state index in [1.54, 1.807) is 6.20 Å². The minimum absolute atomic E-state index is 0.00199. The fourth-order valence-electron chi connectivity index (χ4n) is 6.49. The molecule has 4 heterocycles. The number of hydrogen-bond donors (Lipinski definition) is 0. The van der Waals surface area contributed by atoms with Crippen molar-refractivity contribution in [3.8, 4) is 17.2 Å². The number of rotatable bonds is 8. The third kappa shape index (κ3) is 6.47. The molecule has 0 unspecified atom stereocenters. The van der Waals surface area contributed by atoms with Gasteiger partial charge in [-0.2, -0.15) is 0 Å². The highest BCUT2D eigenvalue weighted by Crippen LogP contribution is 2.52. The summed E-state index contributed by atoms with van der Waals surface area (Å²) in [6, 6.07) is 16.3. The molecule has 1 saturated heterocycles. The Kier molecular flexibility index (Phi) is 8.93. The molecule has 0 amide bonds. The Balaban J connectivity index is 0.00000175. The average molecular weight is 612 g/mol. The maximum atomic E-state index is 13.8. The summed E-state index contributed by atoms with van der Waals surface area (Å²) in [5, 5.41) is 0. The minimum atomic E-state index is -0.685. The van der Waals surface area contributed by atoms with E-state index in [4.69, 9.17) is 14.2 Å². The Morgan fingerprint density at radius 3 is 2.60 bits per heavy atom. The lowest BCUT2D eigenvalue weighted by molar-refractivity contribution is -0.0353. The summed E-state index contributed by atoms with van der Waals surface area (Å²) in [5.74, 6) is 0.915. The Labute approximate surface area is 263 Å². The number of fused-ring (bicyclic) bond motifs is 1. The highest BCUT2D eigenvalue weighted by atomic mass is 19.1. The van der Waals surface area contributed by atoms with Crippen LogP contribution >= 0.6 is 0 Å². The van der Waals surface area contributed by atoms with Crippen LogP contribution < -0.4 is 14.4 Å². The first-order valence-electron chi connectivity index (χ1n) is 15.5. The number of carbonyl (C=O) groups is 1. The van der Waals surface area contributed by atoms with Crippen LogP contribution in [0.2, 0.25) is 0 Å². The fraction of sp³-hybridized carbons (Fsp3) is 0.371. The molecule has 0 radical (unpaired) electrons. The van der Waals surface area contributed by atoms with Gasteiger partial charge in [0, 0.05) is 62.0 Å². The molecule has 0 bridgehead atoms. The molecule has 1 aliphatic carbocycles. The maximum Gasteiger partial charge on any atom is 0.341 e. The van der Waals surface area contributed by atoms with Gasteiger partial charge in [-0.1, -0.05) is 44.2 Å². The summed E-state index contributed by atoms with van der Waals surface area (Å²) in [7, 11) is 1.24. The van der Waals surface area contributed by atoms with Crippen LogP contribution in [0.4, 0.5) is 10.2 Å². The molecule has 0 atom stereocenters. The zero-order valence-corrected chi connectivity index (χ0v) is 25.9. The molecule has 10 heteroatoms. The summed E-state index contributed by atoms with van der Waals surface area (Å²) < 4.78 is 31.2. The van der Waals surface area contributed by atoms with E-state index in [1.807, 2.05) is 32.2 Å². The molecule has 234 valence electrons. The van der Waals surface area contributed by atoms with E-state index < -0.39 is 11.8 Å². The van der Waals surface area contributed by atoms with Crippen LogP contribution in [0.15, 0.2) is 73.3 Å². The Bertz CT molecular complexity index is 1640. The van der Waals surface area contributed by atoms with Crippen molar-refractivity contribution in [1.29, 1.82) is 0 Å². The molecule has 4 aromatic rings. The molecule has 1 saturated carbocycles. The second-order valence-electron chi connectivity index (χ2n) is 11.6. The number of ether oxygens (including phenoxy) is 3. The largest absolute Gasteiger partial charge is 0.490 e. The van der Waals surface area contributed by atoms with Crippen molar-refractivity contribution >= 4 is 11.8 Å². The lowest BCUT2D eigenvalue weighted by Gasteiger charge is -2.59.